The van der Waals surface area contributed by atoms with Gasteiger partial charge in [-0.25, -0.2) is 14.4 Å². The average Bonchev–Trinajstić information content (AvgIpc) is 3.29. The Balaban J connectivity index is 1.59. The Hall–Kier alpha value is -5.33. The Kier molecular flexibility index (Phi) is 10.1. The van der Waals surface area contributed by atoms with Crippen molar-refractivity contribution in [1.82, 2.24) is 0 Å². The van der Waals surface area contributed by atoms with E-state index in [1.54, 1.807) is 74.5 Å². The maximum absolute atomic E-state index is 13.9. The van der Waals surface area contributed by atoms with E-state index in [9.17, 15) is 29.1 Å². The normalized spacial score (nSPS) is 31.1. The molecule has 12 nitrogen and oxygen atoms in total. The number of benzene rings is 3. The SMILES string of the molecule is CC(=O)O[C@@H]1C2C[C@H](OC(=O)c3ccccc3)[C@]3(OC(C)=O)[C@@H](OC(=O)/C=C\c4ccccc4)[C@@H](OC(=O)c4ccccc4)C[C@](C)(O)[C@@]13OC2(C)C. The number of esters is 5. The van der Waals surface area contributed by atoms with Crippen LogP contribution in [0.5, 0.6) is 0 Å². The standard InChI is InChI=1S/C41H42O12/c1-25(42)48-34-30-23-32(50-37(46)29-19-13-8-14-20-29)40(52-26(2)43)35(51-33(44)22-21-27-15-9-6-10-16-27)31(49-36(45)28-17-11-7-12-18-28)24-39(5,47)41(34,40)53-38(30,3)4/h6-22,30-32,34-35,47H,23-24H2,1-5H3/b22-21-/t30?,31-,32-,34+,35-,39-,40-,41-/m0/s1. The minimum absolute atomic E-state index is 0.148. The first kappa shape index (κ1) is 37.4. The molecule has 1 heterocycles. The second-order valence-electron chi connectivity index (χ2n) is 14.3. The van der Waals surface area contributed by atoms with Gasteiger partial charge in [-0.3, -0.25) is 9.59 Å². The van der Waals surface area contributed by atoms with E-state index in [4.69, 9.17) is 28.4 Å². The molecular weight excluding hydrogens is 684 g/mol. The van der Waals surface area contributed by atoms with Gasteiger partial charge in [0.05, 0.1) is 16.7 Å². The van der Waals surface area contributed by atoms with E-state index < -0.39 is 89.0 Å². The van der Waals surface area contributed by atoms with Crippen LogP contribution in [0, 0.1) is 5.92 Å². The summed E-state index contributed by atoms with van der Waals surface area (Å²) in [5, 5.41) is 12.8. The Morgan fingerprint density at radius 1 is 0.717 bits per heavy atom. The molecule has 8 atom stereocenters. The van der Waals surface area contributed by atoms with Crippen LogP contribution in [0.25, 0.3) is 6.08 Å². The lowest BCUT2D eigenvalue weighted by Gasteiger charge is -2.64. The number of ether oxygens (including phenoxy) is 6. The first-order chi connectivity index (χ1) is 25.1. The van der Waals surface area contributed by atoms with Crippen molar-refractivity contribution in [2.24, 2.45) is 5.92 Å². The minimum Gasteiger partial charge on any atom is -0.459 e. The number of hydrogen-bond acceptors (Lipinski definition) is 12. The summed E-state index contributed by atoms with van der Waals surface area (Å²) in [4.78, 5) is 67.8. The molecule has 1 aliphatic heterocycles. The highest BCUT2D eigenvalue weighted by molar-refractivity contribution is 5.90. The average molecular weight is 727 g/mol. The van der Waals surface area contributed by atoms with E-state index in [0.717, 1.165) is 13.0 Å². The van der Waals surface area contributed by atoms with Gasteiger partial charge in [0.1, 0.15) is 23.9 Å². The Morgan fingerprint density at radius 3 is 1.81 bits per heavy atom. The molecule has 0 radical (unpaired) electrons. The van der Waals surface area contributed by atoms with Crippen LogP contribution in [-0.4, -0.2) is 81.8 Å². The van der Waals surface area contributed by atoms with E-state index in [1.807, 2.05) is 6.07 Å². The zero-order valence-electron chi connectivity index (χ0n) is 30.1. The van der Waals surface area contributed by atoms with Crippen molar-refractivity contribution in [2.45, 2.75) is 94.3 Å². The molecule has 6 rings (SSSR count). The summed E-state index contributed by atoms with van der Waals surface area (Å²) < 4.78 is 37.6. The molecule has 1 unspecified atom stereocenters. The Bertz CT molecular complexity index is 1890. The minimum atomic E-state index is -2.48. The second kappa shape index (κ2) is 14.2. The smallest absolute Gasteiger partial charge is 0.338 e. The van der Waals surface area contributed by atoms with Gasteiger partial charge >= 0.3 is 29.8 Å². The zero-order chi connectivity index (χ0) is 38.2. The monoisotopic (exact) mass is 726 g/mol. The molecule has 2 aliphatic carbocycles. The lowest BCUT2D eigenvalue weighted by molar-refractivity contribution is -0.368. The molecule has 3 fully saturated rings. The van der Waals surface area contributed by atoms with Gasteiger partial charge in [-0.2, -0.15) is 0 Å². The van der Waals surface area contributed by atoms with E-state index in [1.165, 1.54) is 44.2 Å². The van der Waals surface area contributed by atoms with E-state index in [-0.39, 0.29) is 17.5 Å². The summed E-state index contributed by atoms with van der Waals surface area (Å²) in [6, 6.07) is 25.0. The molecule has 1 spiro atoms. The van der Waals surface area contributed by atoms with Crippen LogP contribution in [-0.2, 0) is 42.8 Å². The molecule has 278 valence electrons. The summed E-state index contributed by atoms with van der Waals surface area (Å²) in [5.74, 6) is -5.02. The van der Waals surface area contributed by atoms with Crippen LogP contribution in [0.1, 0.15) is 73.7 Å². The van der Waals surface area contributed by atoms with Gasteiger partial charge < -0.3 is 33.5 Å². The van der Waals surface area contributed by atoms with E-state index in [0.29, 0.717) is 5.56 Å². The molecular formula is C41H42O12. The fraction of sp³-hybridized carbons (Fsp3) is 0.390. The van der Waals surface area contributed by atoms with Gasteiger partial charge in [0, 0.05) is 32.3 Å². The molecule has 1 N–H and O–H groups in total. The topological polar surface area (TPSA) is 161 Å². The Morgan fingerprint density at radius 2 is 1.26 bits per heavy atom. The number of rotatable bonds is 9. The fourth-order valence-electron chi connectivity index (χ4n) is 8.34. The highest BCUT2D eigenvalue weighted by Gasteiger charge is 2.88. The van der Waals surface area contributed by atoms with E-state index in [2.05, 4.69) is 0 Å². The summed E-state index contributed by atoms with van der Waals surface area (Å²) in [6.07, 6.45) is -4.13. The molecule has 3 aliphatic rings. The number of aliphatic hydroxyl groups is 1. The Labute approximate surface area is 307 Å². The third-order valence-corrected chi connectivity index (χ3v) is 10.4. The third-order valence-electron chi connectivity index (χ3n) is 10.4. The molecule has 53 heavy (non-hydrogen) atoms. The van der Waals surface area contributed by atoms with Gasteiger partial charge in [0.15, 0.2) is 11.7 Å². The van der Waals surface area contributed by atoms with Gasteiger partial charge in [-0.1, -0.05) is 66.7 Å². The van der Waals surface area contributed by atoms with Crippen LogP contribution in [0.2, 0.25) is 0 Å². The molecule has 3 aromatic carbocycles. The quantitative estimate of drug-likeness (QED) is 0.179. The van der Waals surface area contributed by atoms with Crippen molar-refractivity contribution in [1.29, 1.82) is 0 Å². The van der Waals surface area contributed by atoms with Crippen LogP contribution in [0.15, 0.2) is 97.1 Å². The number of carbonyl (C=O) groups is 5. The van der Waals surface area contributed by atoms with Crippen LogP contribution >= 0.6 is 0 Å². The van der Waals surface area contributed by atoms with E-state index >= 15 is 0 Å². The zero-order valence-corrected chi connectivity index (χ0v) is 30.1. The van der Waals surface area contributed by atoms with Crippen molar-refractivity contribution in [3.05, 3.63) is 114 Å². The molecule has 0 aromatic heterocycles. The number of hydrogen-bond donors (Lipinski definition) is 1. The molecule has 12 heteroatoms. The van der Waals surface area contributed by atoms with Crippen molar-refractivity contribution >= 4 is 35.9 Å². The van der Waals surface area contributed by atoms with Crippen molar-refractivity contribution in [3.63, 3.8) is 0 Å². The third kappa shape index (κ3) is 6.73. The van der Waals surface area contributed by atoms with Crippen molar-refractivity contribution < 1.29 is 57.5 Å². The van der Waals surface area contributed by atoms with Crippen molar-refractivity contribution in [3.8, 4) is 0 Å². The highest BCUT2D eigenvalue weighted by Crippen LogP contribution is 2.66. The first-order valence-electron chi connectivity index (χ1n) is 17.4. The lowest BCUT2D eigenvalue weighted by Crippen LogP contribution is -2.87. The van der Waals surface area contributed by atoms with Crippen LogP contribution in [0.3, 0.4) is 0 Å². The molecule has 2 bridgehead atoms. The van der Waals surface area contributed by atoms with Crippen molar-refractivity contribution in [2.75, 3.05) is 0 Å². The summed E-state index contributed by atoms with van der Waals surface area (Å²) in [6.45, 7) is 7.08. The maximum Gasteiger partial charge on any atom is 0.338 e. The molecule has 3 aromatic rings. The predicted octanol–water partition coefficient (Wildman–Crippen LogP) is 5.02. The number of fused-ring (bicyclic) bond motifs is 1. The predicted molar refractivity (Wildman–Crippen MR) is 188 cm³/mol. The first-order valence-corrected chi connectivity index (χ1v) is 17.4. The second-order valence-corrected chi connectivity index (χ2v) is 14.3. The summed E-state index contributed by atoms with van der Waals surface area (Å²) in [7, 11) is 0. The fourth-order valence-corrected chi connectivity index (χ4v) is 8.34. The van der Waals surface area contributed by atoms with Crippen LogP contribution < -0.4 is 0 Å². The number of carbonyl (C=O) groups excluding carboxylic acids is 5. The highest BCUT2D eigenvalue weighted by atomic mass is 16.7. The molecule has 1 saturated heterocycles. The van der Waals surface area contributed by atoms with Gasteiger partial charge in [0.25, 0.3) is 0 Å². The maximum atomic E-state index is 13.9. The molecule has 2 saturated carbocycles. The largest absolute Gasteiger partial charge is 0.459 e. The van der Waals surface area contributed by atoms with Crippen LogP contribution in [0.4, 0.5) is 0 Å². The van der Waals surface area contributed by atoms with Gasteiger partial charge in [-0.15, -0.1) is 0 Å². The summed E-state index contributed by atoms with van der Waals surface area (Å²) in [5.41, 5.74) is -7.14. The lowest BCUT2D eigenvalue weighted by atomic mass is 9.51. The van der Waals surface area contributed by atoms with Gasteiger partial charge in [0.2, 0.25) is 5.60 Å². The van der Waals surface area contributed by atoms with Gasteiger partial charge in [-0.05, 0) is 63.1 Å². The summed E-state index contributed by atoms with van der Waals surface area (Å²) >= 11 is 0. The molecule has 0 amide bonds.